The van der Waals surface area contributed by atoms with E-state index in [4.69, 9.17) is 5.73 Å². The zero-order chi connectivity index (χ0) is 26.8. The minimum absolute atomic E-state index is 0.0171. The summed E-state index contributed by atoms with van der Waals surface area (Å²) in [5.41, 5.74) is 6.62. The van der Waals surface area contributed by atoms with Crippen molar-refractivity contribution >= 4 is 22.3 Å². The first-order valence-corrected chi connectivity index (χ1v) is 13.5. The van der Waals surface area contributed by atoms with Gasteiger partial charge in [0.25, 0.3) is 0 Å². The van der Waals surface area contributed by atoms with Crippen molar-refractivity contribution in [1.82, 2.24) is 9.88 Å². The third kappa shape index (κ3) is 6.44. The number of halogens is 3. The molecule has 7 nitrogen and oxygen atoms in total. The van der Waals surface area contributed by atoms with Gasteiger partial charge >= 0.3 is 6.18 Å². The van der Waals surface area contributed by atoms with Crippen LogP contribution in [0.15, 0.2) is 48.7 Å². The predicted molar refractivity (Wildman–Crippen MR) is 133 cm³/mol. The molecule has 198 valence electrons. The van der Waals surface area contributed by atoms with Crippen molar-refractivity contribution in [2.75, 3.05) is 11.5 Å². The van der Waals surface area contributed by atoms with Crippen molar-refractivity contribution in [1.29, 1.82) is 0 Å². The molecule has 1 aromatic heterocycles. The molecule has 0 saturated carbocycles. The minimum Gasteiger partial charge on any atom is -0.368 e. The van der Waals surface area contributed by atoms with Gasteiger partial charge in [-0.25, -0.2) is 0 Å². The molecular formula is C25H32F3N3O4S. The summed E-state index contributed by atoms with van der Waals surface area (Å²) in [6.07, 6.45) is -3.60. The first-order valence-electron chi connectivity index (χ1n) is 11.6. The number of alkyl halides is 3. The Labute approximate surface area is 210 Å². The Bertz CT molecular complexity index is 1060. The molecule has 3 rings (SSSR count). The number of ketones is 1. The van der Waals surface area contributed by atoms with Gasteiger partial charge in [0.15, 0.2) is 11.8 Å². The maximum atomic E-state index is 14.8. The molecule has 0 bridgehead atoms. The van der Waals surface area contributed by atoms with Crippen LogP contribution in [-0.4, -0.2) is 60.4 Å². The lowest BCUT2D eigenvalue weighted by atomic mass is 9.90. The molecule has 0 radical (unpaired) electrons. The summed E-state index contributed by atoms with van der Waals surface area (Å²) in [5, 5.41) is 0. The van der Waals surface area contributed by atoms with Gasteiger partial charge in [-0.2, -0.15) is 23.8 Å². The first-order chi connectivity index (χ1) is 16.7. The van der Waals surface area contributed by atoms with Gasteiger partial charge in [0.1, 0.15) is 0 Å². The van der Waals surface area contributed by atoms with Gasteiger partial charge in [0.05, 0.1) is 23.5 Å². The van der Waals surface area contributed by atoms with E-state index in [2.05, 4.69) is 4.98 Å². The molecule has 0 spiro atoms. The molecule has 2 aromatic rings. The van der Waals surface area contributed by atoms with E-state index in [-0.39, 0.29) is 23.8 Å². The minimum atomic E-state index is -4.91. The number of hydrogen-bond donors (Lipinski definition) is 3. The van der Waals surface area contributed by atoms with Gasteiger partial charge in [-0.05, 0) is 29.9 Å². The lowest BCUT2D eigenvalue weighted by Gasteiger charge is -2.49. The molecule has 11 heteroatoms. The Hall–Kier alpha value is -2.47. The number of aromatic nitrogens is 1. The molecule has 2 heterocycles. The lowest BCUT2D eigenvalue weighted by molar-refractivity contribution is -0.204. The van der Waals surface area contributed by atoms with Crippen LogP contribution in [0.5, 0.6) is 0 Å². The van der Waals surface area contributed by atoms with E-state index in [1.165, 1.54) is 25.3 Å². The van der Waals surface area contributed by atoms with Crippen molar-refractivity contribution < 1.29 is 31.9 Å². The molecule has 1 amide bonds. The highest BCUT2D eigenvalue weighted by molar-refractivity contribution is 8.24. The number of nitrogens with two attached hydrogens (primary N) is 1. The highest BCUT2D eigenvalue weighted by Crippen LogP contribution is 2.49. The second-order valence-electron chi connectivity index (χ2n) is 9.78. The number of carbonyl (C=O) groups excluding carboxylic acids is 2. The van der Waals surface area contributed by atoms with Gasteiger partial charge < -0.3 is 5.73 Å². The molecule has 1 aliphatic heterocycles. The zero-order valence-corrected chi connectivity index (χ0v) is 21.2. The van der Waals surface area contributed by atoms with Crippen molar-refractivity contribution in [2.24, 2.45) is 17.6 Å². The Morgan fingerprint density at radius 2 is 1.81 bits per heavy atom. The number of nitrogens with zero attached hydrogens (tertiary/aromatic N) is 2. The van der Waals surface area contributed by atoms with Crippen molar-refractivity contribution in [3.63, 3.8) is 0 Å². The standard InChI is InChI=1S/C25H32F3N3O4S/c1-15(2)11-20(24(29)33)31(22-16(3)13-36(34,35)14-21(22)32)23(25(26,27)28)19-10-9-18(12-30-19)17-7-5-4-6-8-17/h4-10,12,15-16,20,22-23,34-35H,11,13-14H2,1-3H3,(H2,29,33)/t16?,20-,22-,23-/m0/s1. The summed E-state index contributed by atoms with van der Waals surface area (Å²) in [6.45, 7) is 4.97. The van der Waals surface area contributed by atoms with Crippen LogP contribution in [0, 0.1) is 11.8 Å². The second kappa shape index (κ2) is 10.9. The Morgan fingerprint density at radius 1 is 1.17 bits per heavy atom. The molecule has 1 unspecified atom stereocenters. The number of rotatable bonds is 8. The van der Waals surface area contributed by atoms with Crippen molar-refractivity contribution in [3.05, 3.63) is 54.4 Å². The van der Waals surface area contributed by atoms with E-state index < -0.39 is 58.3 Å². The lowest BCUT2D eigenvalue weighted by Crippen LogP contribution is -2.61. The van der Waals surface area contributed by atoms with Crippen molar-refractivity contribution in [2.45, 2.75) is 51.5 Å². The fourth-order valence-corrected chi connectivity index (χ4v) is 6.65. The molecule has 0 aliphatic carbocycles. The highest BCUT2D eigenvalue weighted by Gasteiger charge is 2.55. The fourth-order valence-electron chi connectivity index (χ4n) is 4.89. The second-order valence-corrected chi connectivity index (χ2v) is 12.0. The average molecular weight is 528 g/mol. The molecule has 1 fully saturated rings. The SMILES string of the molecule is CC(C)C[C@@H](C(N)=O)N([C@@H]1C(=O)CS(O)(O)CC1C)[C@@H](c1ccc(-c2ccccc2)cn1)C(F)(F)F. The normalized spacial score (nSPS) is 22.9. The van der Waals surface area contributed by atoms with Crippen LogP contribution in [-0.2, 0) is 9.59 Å². The van der Waals surface area contributed by atoms with Crippen LogP contribution in [0.25, 0.3) is 11.1 Å². The fraction of sp³-hybridized carbons (Fsp3) is 0.480. The van der Waals surface area contributed by atoms with Crippen LogP contribution in [0.2, 0.25) is 0 Å². The third-order valence-electron chi connectivity index (χ3n) is 6.26. The Kier molecular flexibility index (Phi) is 8.49. The van der Waals surface area contributed by atoms with Crippen LogP contribution in [0.3, 0.4) is 0 Å². The third-order valence-corrected chi connectivity index (χ3v) is 8.06. The van der Waals surface area contributed by atoms with E-state index >= 15 is 0 Å². The number of primary amides is 1. The summed E-state index contributed by atoms with van der Waals surface area (Å²) in [7, 11) is -3.27. The molecule has 4 atom stereocenters. The summed E-state index contributed by atoms with van der Waals surface area (Å²) in [6, 6.07) is 6.54. The topological polar surface area (TPSA) is 117 Å². The quantitative estimate of drug-likeness (QED) is 0.450. The highest BCUT2D eigenvalue weighted by atomic mass is 32.3. The molecule has 1 saturated heterocycles. The van der Waals surface area contributed by atoms with Crippen LogP contribution >= 0.6 is 10.6 Å². The van der Waals surface area contributed by atoms with Crippen LogP contribution < -0.4 is 5.73 Å². The summed E-state index contributed by atoms with van der Waals surface area (Å²) >= 11 is 0. The first kappa shape index (κ1) is 28.1. The van der Waals surface area contributed by atoms with E-state index in [0.29, 0.717) is 5.56 Å². The Morgan fingerprint density at radius 3 is 2.28 bits per heavy atom. The monoisotopic (exact) mass is 527 g/mol. The molecular weight excluding hydrogens is 495 g/mol. The van der Waals surface area contributed by atoms with Gasteiger partial charge in [0.2, 0.25) is 5.91 Å². The van der Waals surface area contributed by atoms with Crippen LogP contribution in [0.1, 0.15) is 38.9 Å². The maximum Gasteiger partial charge on any atom is 0.409 e. The average Bonchev–Trinajstić information content (AvgIpc) is 2.75. The van der Waals surface area contributed by atoms with Gasteiger partial charge in [-0.3, -0.25) is 28.6 Å². The van der Waals surface area contributed by atoms with Crippen molar-refractivity contribution in [3.8, 4) is 11.1 Å². The van der Waals surface area contributed by atoms with Crippen LogP contribution in [0.4, 0.5) is 13.2 Å². The smallest absolute Gasteiger partial charge is 0.368 e. The van der Waals surface area contributed by atoms with Gasteiger partial charge in [0, 0.05) is 17.5 Å². The van der Waals surface area contributed by atoms with E-state index in [9.17, 15) is 31.9 Å². The Balaban J connectivity index is 2.15. The number of benzene rings is 1. The molecule has 36 heavy (non-hydrogen) atoms. The largest absolute Gasteiger partial charge is 0.409 e. The number of carbonyl (C=O) groups is 2. The number of amides is 1. The number of pyridine rings is 1. The zero-order valence-electron chi connectivity index (χ0n) is 20.4. The summed E-state index contributed by atoms with van der Waals surface area (Å²) < 4.78 is 64.6. The van der Waals surface area contributed by atoms with Gasteiger partial charge in [-0.1, -0.05) is 57.2 Å². The van der Waals surface area contributed by atoms with E-state index in [1.54, 1.807) is 38.1 Å². The summed E-state index contributed by atoms with van der Waals surface area (Å²) in [5.74, 6) is -3.75. The van der Waals surface area contributed by atoms with E-state index in [0.717, 1.165) is 10.5 Å². The number of hydrogen-bond acceptors (Lipinski definition) is 6. The predicted octanol–water partition coefficient (Wildman–Crippen LogP) is 4.89. The number of Topliss-reactive ketones (excluding diaryl/α,β-unsaturated/α-hetero) is 1. The molecule has 4 N–H and O–H groups in total. The van der Waals surface area contributed by atoms with Gasteiger partial charge in [-0.15, -0.1) is 0 Å². The molecule has 1 aromatic carbocycles. The molecule has 1 aliphatic rings. The van der Waals surface area contributed by atoms with E-state index in [1.807, 2.05) is 6.07 Å². The summed E-state index contributed by atoms with van der Waals surface area (Å²) in [4.78, 5) is 30.6. The maximum absolute atomic E-state index is 14.8.